The first kappa shape index (κ1) is 49.7. The highest BCUT2D eigenvalue weighted by molar-refractivity contribution is 5.81. The monoisotopic (exact) mass is 902 g/mol. The van der Waals surface area contributed by atoms with Gasteiger partial charge in [0.05, 0.1) is 0 Å². The van der Waals surface area contributed by atoms with E-state index in [0.717, 1.165) is 0 Å². The minimum atomic E-state index is 0.114. The first-order chi connectivity index (χ1) is 33.0. The second-order valence-corrected chi connectivity index (χ2v) is 21.2. The molecule has 69 heavy (non-hydrogen) atoms. The second kappa shape index (κ2) is 21.8. The summed E-state index contributed by atoms with van der Waals surface area (Å²) in [5.74, 6) is 0. The Kier molecular flexibility index (Phi) is 15.7. The summed E-state index contributed by atoms with van der Waals surface area (Å²) in [7, 11) is 0. The van der Waals surface area contributed by atoms with Gasteiger partial charge in [0.2, 0.25) is 0 Å². The molecule has 0 N–H and O–H groups in total. The van der Waals surface area contributed by atoms with Crippen LogP contribution in [0.2, 0.25) is 0 Å². The minimum absolute atomic E-state index is 0.114. The Bertz CT molecular complexity index is 2830. The van der Waals surface area contributed by atoms with Crippen LogP contribution >= 0.6 is 0 Å². The SMILES string of the molecule is CC(C)(C)c1cc(-c2ccccc2)cc(-c2ccccc2)c1.CC(C)(C)c1ccc(N(c2ccccc2)c2ccccc2)cc1.Cc1c(-c2ccccc2)cc(-c2ccccc2)c(C)c1C(C)(C)C. The molecule has 348 valence electrons. The van der Waals surface area contributed by atoms with Gasteiger partial charge in [-0.25, -0.2) is 0 Å². The molecule has 1 heteroatoms. The second-order valence-electron chi connectivity index (χ2n) is 21.2. The Hall–Kier alpha value is -7.22. The normalized spacial score (nSPS) is 11.4. The van der Waals surface area contributed by atoms with E-state index in [-0.39, 0.29) is 16.2 Å². The number of para-hydroxylation sites is 2. The van der Waals surface area contributed by atoms with E-state index in [9.17, 15) is 0 Å². The van der Waals surface area contributed by atoms with Crippen LogP contribution in [0.25, 0.3) is 44.5 Å². The molecule has 0 saturated carbocycles. The van der Waals surface area contributed by atoms with Crippen LogP contribution in [0.3, 0.4) is 0 Å². The van der Waals surface area contributed by atoms with Crippen LogP contribution in [0.15, 0.2) is 231 Å². The molecule has 0 aromatic heterocycles. The maximum Gasteiger partial charge on any atom is 0.0461 e. The van der Waals surface area contributed by atoms with Crippen molar-refractivity contribution in [2.75, 3.05) is 4.90 Å². The molecule has 0 atom stereocenters. The van der Waals surface area contributed by atoms with E-state index in [1.165, 1.54) is 89.4 Å². The fourth-order valence-electron chi connectivity index (χ4n) is 9.24. The maximum atomic E-state index is 2.37. The maximum absolute atomic E-state index is 2.37. The van der Waals surface area contributed by atoms with E-state index in [1.54, 1.807) is 0 Å². The average molecular weight is 902 g/mol. The molecule has 0 heterocycles. The van der Waals surface area contributed by atoms with E-state index in [1.807, 2.05) is 0 Å². The molecule has 1 nitrogen and oxygen atoms in total. The zero-order valence-electron chi connectivity index (χ0n) is 42.9. The summed E-state index contributed by atoms with van der Waals surface area (Å²) in [4.78, 5) is 2.28. The standard InChI is InChI=1S/C24H26.C22H23N.C22H22/c1-17-21(19-12-8-6-9-13-19)16-22(20-14-10-7-11-15-20)18(2)23(17)24(3,4)5;1-22(2,3)18-14-16-21(17-15-18)23(19-10-6-4-7-11-19)20-12-8-5-9-13-20;1-22(2,3)21-15-19(17-10-6-4-7-11-17)14-20(16-21)18-12-8-5-9-13-18/h6-16H,1-5H3;4-17H,1-3H3;4-16H,1-3H3. The Morgan fingerprint density at radius 3 is 0.884 bits per heavy atom. The molecule has 0 radical (unpaired) electrons. The summed E-state index contributed by atoms with van der Waals surface area (Å²) in [5, 5.41) is 0. The van der Waals surface area contributed by atoms with Gasteiger partial charge in [0, 0.05) is 17.1 Å². The van der Waals surface area contributed by atoms with Crippen molar-refractivity contribution in [2.45, 2.75) is 92.4 Å². The molecule has 0 amide bonds. The van der Waals surface area contributed by atoms with Gasteiger partial charge in [-0.1, -0.05) is 244 Å². The van der Waals surface area contributed by atoms with Crippen molar-refractivity contribution in [2.24, 2.45) is 0 Å². The number of hydrogen-bond donors (Lipinski definition) is 0. The third-order valence-electron chi connectivity index (χ3n) is 12.8. The molecule has 0 aliphatic rings. The molecule has 9 aromatic rings. The first-order valence-electron chi connectivity index (χ1n) is 24.5. The molecule has 0 unspecified atom stereocenters. The smallest absolute Gasteiger partial charge is 0.0461 e. The van der Waals surface area contributed by atoms with Gasteiger partial charge in [0.15, 0.2) is 0 Å². The zero-order valence-corrected chi connectivity index (χ0v) is 42.9. The summed E-state index contributed by atoms with van der Waals surface area (Å²) in [6, 6.07) is 81.9. The van der Waals surface area contributed by atoms with Crippen LogP contribution in [-0.2, 0) is 16.2 Å². The van der Waals surface area contributed by atoms with Crippen molar-refractivity contribution in [1.82, 2.24) is 0 Å². The highest BCUT2D eigenvalue weighted by Gasteiger charge is 2.24. The predicted molar refractivity (Wildman–Crippen MR) is 301 cm³/mol. The van der Waals surface area contributed by atoms with Gasteiger partial charge >= 0.3 is 0 Å². The molecule has 9 rings (SSSR count). The van der Waals surface area contributed by atoms with E-state index in [0.29, 0.717) is 0 Å². The summed E-state index contributed by atoms with van der Waals surface area (Å²) in [6.07, 6.45) is 0. The molecule has 0 saturated heterocycles. The first-order valence-corrected chi connectivity index (χ1v) is 24.5. The van der Waals surface area contributed by atoms with Gasteiger partial charge in [-0.15, -0.1) is 0 Å². The topological polar surface area (TPSA) is 3.24 Å². The van der Waals surface area contributed by atoms with Gasteiger partial charge < -0.3 is 4.90 Å². The lowest BCUT2D eigenvalue weighted by molar-refractivity contribution is 0.582. The van der Waals surface area contributed by atoms with Crippen LogP contribution in [-0.4, -0.2) is 0 Å². The lowest BCUT2D eigenvalue weighted by Crippen LogP contribution is -2.16. The molecule has 9 aromatic carbocycles. The van der Waals surface area contributed by atoms with E-state index in [4.69, 9.17) is 0 Å². The van der Waals surface area contributed by atoms with Crippen molar-refractivity contribution in [1.29, 1.82) is 0 Å². The zero-order chi connectivity index (χ0) is 49.2. The van der Waals surface area contributed by atoms with Crippen LogP contribution in [0.4, 0.5) is 17.1 Å². The Balaban J connectivity index is 0.000000153. The van der Waals surface area contributed by atoms with Crippen molar-refractivity contribution >= 4 is 17.1 Å². The molecule has 0 fully saturated rings. The molecule has 0 bridgehead atoms. The van der Waals surface area contributed by atoms with Gasteiger partial charge in [0.1, 0.15) is 0 Å². The van der Waals surface area contributed by atoms with E-state index in [2.05, 4.69) is 312 Å². The molecule has 0 aliphatic carbocycles. The van der Waals surface area contributed by atoms with Gasteiger partial charge in [0.25, 0.3) is 0 Å². The van der Waals surface area contributed by atoms with Crippen LogP contribution in [0.5, 0.6) is 0 Å². The van der Waals surface area contributed by atoms with Gasteiger partial charge in [-0.05, 0) is 151 Å². The van der Waals surface area contributed by atoms with Crippen molar-refractivity contribution in [3.8, 4) is 44.5 Å². The highest BCUT2D eigenvalue weighted by atomic mass is 15.1. The Labute approximate surface area is 415 Å². The van der Waals surface area contributed by atoms with Gasteiger partial charge in [-0.3, -0.25) is 0 Å². The lowest BCUT2D eigenvalue weighted by atomic mass is 9.76. The summed E-state index contributed by atoms with van der Waals surface area (Å²) in [5.41, 5.74) is 21.3. The number of benzene rings is 9. The minimum Gasteiger partial charge on any atom is -0.311 e. The third-order valence-corrected chi connectivity index (χ3v) is 12.8. The molecular weight excluding hydrogens is 831 g/mol. The van der Waals surface area contributed by atoms with E-state index >= 15 is 0 Å². The van der Waals surface area contributed by atoms with Crippen molar-refractivity contribution in [3.05, 3.63) is 258 Å². The lowest BCUT2D eigenvalue weighted by Gasteiger charge is -2.28. The van der Waals surface area contributed by atoms with E-state index < -0.39 is 0 Å². The quantitative estimate of drug-likeness (QED) is 0.154. The molecule has 0 spiro atoms. The molecule has 0 aliphatic heterocycles. The van der Waals surface area contributed by atoms with Crippen LogP contribution in [0.1, 0.15) is 90.1 Å². The number of anilines is 3. The highest BCUT2D eigenvalue weighted by Crippen LogP contribution is 2.41. The Morgan fingerprint density at radius 2 is 0.565 bits per heavy atom. The summed E-state index contributed by atoms with van der Waals surface area (Å²) in [6.45, 7) is 25.0. The number of hydrogen-bond acceptors (Lipinski definition) is 1. The van der Waals surface area contributed by atoms with Gasteiger partial charge in [-0.2, -0.15) is 0 Å². The fourth-order valence-corrected chi connectivity index (χ4v) is 9.24. The summed E-state index contributed by atoms with van der Waals surface area (Å²) < 4.78 is 0. The fraction of sp³-hybridized carbons (Fsp3) is 0.206. The molecular formula is C68H71N. The third kappa shape index (κ3) is 12.7. The number of nitrogens with zero attached hydrogens (tertiary/aromatic N) is 1. The average Bonchev–Trinajstić information content (AvgIpc) is 3.35. The predicted octanol–water partition coefficient (Wildman–Crippen LogP) is 19.7. The van der Waals surface area contributed by atoms with Crippen LogP contribution < -0.4 is 4.90 Å². The van der Waals surface area contributed by atoms with Crippen molar-refractivity contribution in [3.63, 3.8) is 0 Å². The van der Waals surface area contributed by atoms with Crippen LogP contribution in [0, 0.1) is 13.8 Å². The summed E-state index contributed by atoms with van der Waals surface area (Å²) >= 11 is 0. The largest absolute Gasteiger partial charge is 0.311 e. The van der Waals surface area contributed by atoms with Crippen molar-refractivity contribution < 1.29 is 0 Å². The Morgan fingerprint density at radius 1 is 0.261 bits per heavy atom. The number of rotatable bonds is 7.